The molecule has 128 valence electrons. The fourth-order valence-corrected chi connectivity index (χ4v) is 2.73. The van der Waals surface area contributed by atoms with Gasteiger partial charge in [-0.3, -0.25) is 14.5 Å². The molecule has 0 aliphatic carbocycles. The van der Waals surface area contributed by atoms with Crippen molar-refractivity contribution in [3.8, 4) is 0 Å². The van der Waals surface area contributed by atoms with Gasteiger partial charge in [-0.1, -0.05) is 35.9 Å². The van der Waals surface area contributed by atoms with E-state index in [1.165, 1.54) is 5.56 Å². The molecule has 3 rings (SSSR count). The summed E-state index contributed by atoms with van der Waals surface area (Å²) in [5.74, 6) is 0.0000751. The Morgan fingerprint density at radius 3 is 2.64 bits per heavy atom. The van der Waals surface area contributed by atoms with Gasteiger partial charge in [0.25, 0.3) is 0 Å². The quantitative estimate of drug-likeness (QED) is 0.754. The van der Waals surface area contributed by atoms with Crippen LogP contribution in [0.25, 0.3) is 0 Å². The molecule has 25 heavy (non-hydrogen) atoms. The van der Waals surface area contributed by atoms with Crippen molar-refractivity contribution in [2.45, 2.75) is 25.8 Å². The maximum Gasteiger partial charge on any atom is 0.221 e. The van der Waals surface area contributed by atoms with Crippen LogP contribution in [0.15, 0.2) is 61.1 Å². The van der Waals surface area contributed by atoms with Gasteiger partial charge < -0.3 is 5.32 Å². The summed E-state index contributed by atoms with van der Waals surface area (Å²) in [5, 5.41) is 7.25. The number of amides is 1. The van der Waals surface area contributed by atoms with Crippen molar-refractivity contribution >= 4 is 5.91 Å². The van der Waals surface area contributed by atoms with Gasteiger partial charge in [0.15, 0.2) is 0 Å². The van der Waals surface area contributed by atoms with Crippen molar-refractivity contribution in [2.24, 2.45) is 7.05 Å². The van der Waals surface area contributed by atoms with Crippen LogP contribution in [0.2, 0.25) is 0 Å². The van der Waals surface area contributed by atoms with Crippen molar-refractivity contribution in [3.63, 3.8) is 0 Å². The number of carbonyl (C=O) groups is 1. The number of nitrogens with zero attached hydrogens (tertiary/aromatic N) is 3. The van der Waals surface area contributed by atoms with E-state index in [0.717, 1.165) is 16.8 Å². The Morgan fingerprint density at radius 1 is 1.20 bits per heavy atom. The Balaban J connectivity index is 1.73. The van der Waals surface area contributed by atoms with Crippen LogP contribution in [-0.4, -0.2) is 20.7 Å². The van der Waals surface area contributed by atoms with E-state index >= 15 is 0 Å². The van der Waals surface area contributed by atoms with Crippen LogP contribution in [0.3, 0.4) is 0 Å². The van der Waals surface area contributed by atoms with E-state index < -0.39 is 0 Å². The molecule has 0 spiro atoms. The molecular weight excluding hydrogens is 312 g/mol. The molecule has 5 heteroatoms. The second kappa shape index (κ2) is 7.75. The summed E-state index contributed by atoms with van der Waals surface area (Å²) in [6.45, 7) is 2.05. The minimum Gasteiger partial charge on any atom is -0.344 e. The van der Waals surface area contributed by atoms with Crippen molar-refractivity contribution in [2.75, 3.05) is 0 Å². The van der Waals surface area contributed by atoms with Crippen LogP contribution >= 0.6 is 0 Å². The van der Waals surface area contributed by atoms with E-state index in [9.17, 15) is 4.79 Å². The topological polar surface area (TPSA) is 59.8 Å². The van der Waals surface area contributed by atoms with Crippen molar-refractivity contribution in [1.82, 2.24) is 20.1 Å². The summed E-state index contributed by atoms with van der Waals surface area (Å²) in [6, 6.07) is 13.7. The zero-order valence-electron chi connectivity index (χ0n) is 14.5. The van der Waals surface area contributed by atoms with Crippen LogP contribution in [0.5, 0.6) is 0 Å². The highest BCUT2D eigenvalue weighted by Crippen LogP contribution is 2.21. The minimum absolute atomic E-state index is 0.0000751. The average molecular weight is 334 g/mol. The van der Waals surface area contributed by atoms with Gasteiger partial charge in [0.2, 0.25) is 5.91 Å². The molecule has 0 saturated carbocycles. The number of nitrogens with one attached hydrogen (secondary N) is 1. The van der Waals surface area contributed by atoms with Gasteiger partial charge in [0.05, 0.1) is 17.9 Å². The number of carbonyl (C=O) groups excluding carboxylic acids is 1. The normalized spacial score (nSPS) is 11.9. The lowest BCUT2D eigenvalue weighted by molar-refractivity contribution is -0.121. The molecule has 2 heterocycles. The lowest BCUT2D eigenvalue weighted by Gasteiger charge is -2.19. The first kappa shape index (κ1) is 16.9. The molecule has 0 radical (unpaired) electrons. The SMILES string of the molecule is Cc1ccc(C(NC(=O)CCc2cnn(C)c2)c2ccccn2)cc1. The first-order valence-electron chi connectivity index (χ1n) is 8.36. The molecule has 2 aromatic heterocycles. The predicted molar refractivity (Wildman–Crippen MR) is 96.9 cm³/mol. The summed E-state index contributed by atoms with van der Waals surface area (Å²) in [5.41, 5.74) is 4.11. The second-order valence-electron chi connectivity index (χ2n) is 6.19. The molecule has 1 atom stereocenters. The maximum absolute atomic E-state index is 12.5. The fraction of sp³-hybridized carbons (Fsp3) is 0.250. The largest absolute Gasteiger partial charge is 0.344 e. The van der Waals surface area contributed by atoms with E-state index in [4.69, 9.17) is 0 Å². The molecule has 1 N–H and O–H groups in total. The molecule has 0 aliphatic heterocycles. The Morgan fingerprint density at radius 2 is 2.00 bits per heavy atom. The fourth-order valence-electron chi connectivity index (χ4n) is 2.73. The summed E-state index contributed by atoms with van der Waals surface area (Å²) in [6.07, 6.45) is 6.56. The van der Waals surface area contributed by atoms with E-state index in [0.29, 0.717) is 12.8 Å². The molecule has 0 saturated heterocycles. The third-order valence-electron chi connectivity index (χ3n) is 4.10. The van der Waals surface area contributed by atoms with Crippen molar-refractivity contribution < 1.29 is 4.79 Å². The monoisotopic (exact) mass is 334 g/mol. The highest BCUT2D eigenvalue weighted by molar-refractivity contribution is 5.77. The Labute approximate surface area is 147 Å². The second-order valence-corrected chi connectivity index (χ2v) is 6.19. The number of benzene rings is 1. The van der Waals surface area contributed by atoms with Gasteiger partial charge in [-0.15, -0.1) is 0 Å². The zero-order valence-corrected chi connectivity index (χ0v) is 14.5. The Bertz CT molecular complexity index is 824. The molecule has 5 nitrogen and oxygen atoms in total. The van der Waals surface area contributed by atoms with E-state index in [1.54, 1.807) is 17.1 Å². The third-order valence-corrected chi connectivity index (χ3v) is 4.10. The number of aromatic nitrogens is 3. The molecule has 3 aromatic rings. The lowest BCUT2D eigenvalue weighted by Crippen LogP contribution is -2.30. The van der Waals surface area contributed by atoms with Crippen LogP contribution in [-0.2, 0) is 18.3 Å². The van der Waals surface area contributed by atoms with Crippen LogP contribution in [0, 0.1) is 6.92 Å². The third kappa shape index (κ3) is 4.53. The van der Waals surface area contributed by atoms with E-state index in [1.807, 2.05) is 62.6 Å². The van der Waals surface area contributed by atoms with Gasteiger partial charge >= 0.3 is 0 Å². The lowest BCUT2D eigenvalue weighted by atomic mass is 10.0. The highest BCUT2D eigenvalue weighted by Gasteiger charge is 2.18. The number of hydrogen-bond acceptors (Lipinski definition) is 3. The predicted octanol–water partition coefficient (Wildman–Crippen LogP) is 2.96. The first-order chi connectivity index (χ1) is 12.1. The molecule has 1 unspecified atom stereocenters. The smallest absolute Gasteiger partial charge is 0.221 e. The van der Waals surface area contributed by atoms with Gasteiger partial charge in [-0.05, 0) is 36.6 Å². The Hall–Kier alpha value is -2.95. The molecule has 0 fully saturated rings. The summed E-state index contributed by atoms with van der Waals surface area (Å²) in [7, 11) is 1.87. The van der Waals surface area contributed by atoms with Gasteiger partial charge in [-0.2, -0.15) is 5.10 Å². The molecule has 1 aromatic carbocycles. The highest BCUT2D eigenvalue weighted by atomic mass is 16.1. The molecule has 0 aliphatic rings. The van der Waals surface area contributed by atoms with Crippen LogP contribution in [0.4, 0.5) is 0 Å². The number of hydrogen-bond donors (Lipinski definition) is 1. The van der Waals surface area contributed by atoms with Gasteiger partial charge in [-0.25, -0.2) is 0 Å². The summed E-state index contributed by atoms with van der Waals surface area (Å²) in [4.78, 5) is 16.9. The number of pyridine rings is 1. The van der Waals surface area contributed by atoms with Gasteiger partial charge in [0, 0.05) is 25.9 Å². The minimum atomic E-state index is -0.247. The average Bonchev–Trinajstić information content (AvgIpc) is 3.05. The van der Waals surface area contributed by atoms with Crippen LogP contribution in [0.1, 0.15) is 34.8 Å². The van der Waals surface area contributed by atoms with Crippen LogP contribution < -0.4 is 5.32 Å². The van der Waals surface area contributed by atoms with Crippen molar-refractivity contribution in [1.29, 1.82) is 0 Å². The Kier molecular flexibility index (Phi) is 5.23. The summed E-state index contributed by atoms with van der Waals surface area (Å²) >= 11 is 0. The molecular formula is C20H22N4O. The molecule has 1 amide bonds. The molecule has 0 bridgehead atoms. The van der Waals surface area contributed by atoms with Gasteiger partial charge in [0.1, 0.15) is 0 Å². The zero-order chi connectivity index (χ0) is 17.6. The van der Waals surface area contributed by atoms with Crippen molar-refractivity contribution in [3.05, 3.63) is 83.4 Å². The number of aryl methyl sites for hydroxylation is 3. The standard InChI is InChI=1S/C20H22N4O/c1-15-6-9-17(10-7-15)20(18-5-3-4-12-21-18)23-19(25)11-8-16-13-22-24(2)14-16/h3-7,9-10,12-14,20H,8,11H2,1-2H3,(H,23,25). The maximum atomic E-state index is 12.5. The van der Waals surface area contributed by atoms with E-state index in [2.05, 4.69) is 15.4 Å². The van der Waals surface area contributed by atoms with E-state index in [-0.39, 0.29) is 11.9 Å². The summed E-state index contributed by atoms with van der Waals surface area (Å²) < 4.78 is 1.75. The first-order valence-corrected chi connectivity index (χ1v) is 8.36. The number of rotatable bonds is 6.